The van der Waals surface area contributed by atoms with Gasteiger partial charge in [-0.05, 0) is 24.0 Å². The second-order valence-corrected chi connectivity index (χ2v) is 6.81. The number of anilines is 1. The molecule has 1 atom stereocenters. The molecule has 0 spiro atoms. The Kier molecular flexibility index (Phi) is 6.50. The van der Waals surface area contributed by atoms with Crippen LogP contribution in [0.2, 0.25) is 0 Å². The number of nitrogens with zero attached hydrogens (tertiary/aromatic N) is 3. The van der Waals surface area contributed by atoms with E-state index in [0.717, 1.165) is 24.4 Å². The number of alkyl halides is 6. The Morgan fingerprint density at radius 2 is 1.80 bits per heavy atom. The minimum absolute atomic E-state index is 0.00763. The second-order valence-electron chi connectivity index (χ2n) is 6.81. The standard InChI is InChI=1S/C18H17F3N4O3.C2HF3O2/c1-9-3-4-11(17(27,8-26)18(19,20)21)5-12(9)13-6-24-16(22)15(25-13)14-7-23-10(2)28-14;3-2(4,5)1(6)7/h3-7,26-27H,8H2,1-2H3,(H2,22,24);(H,6,7)/i1D3;. The highest BCUT2D eigenvalue weighted by molar-refractivity contribution is 5.73. The molecule has 0 aliphatic rings. The van der Waals surface area contributed by atoms with E-state index in [1.54, 1.807) is 6.92 Å². The van der Waals surface area contributed by atoms with Crippen molar-refractivity contribution in [3.63, 3.8) is 0 Å². The molecule has 2 heterocycles. The molecule has 5 N–H and O–H groups in total. The number of carbonyl (C=O) groups is 1. The van der Waals surface area contributed by atoms with E-state index < -0.39 is 42.9 Å². The zero-order chi connectivity index (χ0) is 29.3. The van der Waals surface area contributed by atoms with Crippen LogP contribution in [0.3, 0.4) is 0 Å². The molecule has 0 aliphatic carbocycles. The van der Waals surface area contributed by atoms with Gasteiger partial charge in [0.05, 0.1) is 24.7 Å². The van der Waals surface area contributed by atoms with Gasteiger partial charge >= 0.3 is 18.3 Å². The molecule has 0 amide bonds. The molecule has 3 rings (SSSR count). The van der Waals surface area contributed by atoms with Gasteiger partial charge in [0.25, 0.3) is 0 Å². The zero-order valence-corrected chi connectivity index (χ0v) is 17.4. The number of nitrogens with two attached hydrogens (primary N) is 1. The first kappa shape index (κ1) is 23.0. The van der Waals surface area contributed by atoms with E-state index in [1.165, 1.54) is 6.20 Å². The van der Waals surface area contributed by atoms with Crippen molar-refractivity contribution in [2.24, 2.45) is 0 Å². The number of oxazole rings is 1. The van der Waals surface area contributed by atoms with Gasteiger partial charge in [0, 0.05) is 16.6 Å². The summed E-state index contributed by atoms with van der Waals surface area (Å²) in [7, 11) is 0. The molecule has 190 valence electrons. The number of halogens is 6. The van der Waals surface area contributed by atoms with E-state index in [2.05, 4.69) is 15.0 Å². The third-order valence-electron chi connectivity index (χ3n) is 4.37. The SMILES string of the molecule is O=C(O)C(F)(F)F.[2H]C([2H])([2H])c1ccc(C(O)(CO)C(F)(F)F)cc1-c1cnc(N)c(-c2cnc(C)o2)n1. The van der Waals surface area contributed by atoms with Crippen LogP contribution in [0.25, 0.3) is 22.7 Å². The normalized spacial score (nSPS) is 15.2. The Labute approximate surface area is 197 Å². The average Bonchev–Trinajstić information content (AvgIpc) is 3.22. The number of aliphatic hydroxyl groups excluding tert-OH is 1. The van der Waals surface area contributed by atoms with Crippen molar-refractivity contribution < 1.29 is 55.0 Å². The van der Waals surface area contributed by atoms with Gasteiger partial charge in [-0.1, -0.05) is 12.1 Å². The van der Waals surface area contributed by atoms with Crippen LogP contribution in [0, 0.1) is 13.8 Å². The Morgan fingerprint density at radius 1 is 1.17 bits per heavy atom. The van der Waals surface area contributed by atoms with Crippen molar-refractivity contribution >= 4 is 11.8 Å². The molecular weight excluding hydrogens is 490 g/mol. The summed E-state index contributed by atoms with van der Waals surface area (Å²) in [4.78, 5) is 21.0. The van der Waals surface area contributed by atoms with Crippen LogP contribution in [-0.2, 0) is 10.4 Å². The fourth-order valence-electron chi connectivity index (χ4n) is 2.54. The third-order valence-corrected chi connectivity index (χ3v) is 4.37. The van der Waals surface area contributed by atoms with Crippen molar-refractivity contribution in [1.29, 1.82) is 0 Å². The molecule has 15 heteroatoms. The molecule has 9 nitrogen and oxygen atoms in total. The highest BCUT2D eigenvalue weighted by atomic mass is 19.4. The highest BCUT2D eigenvalue weighted by Crippen LogP contribution is 2.40. The molecular formula is C20H18F6N4O5. The van der Waals surface area contributed by atoms with Crippen LogP contribution >= 0.6 is 0 Å². The number of carboxylic acids is 1. The maximum Gasteiger partial charge on any atom is 0.490 e. The molecule has 0 saturated heterocycles. The number of hydrogen-bond acceptors (Lipinski definition) is 8. The van der Waals surface area contributed by atoms with Crippen molar-refractivity contribution in [1.82, 2.24) is 15.0 Å². The van der Waals surface area contributed by atoms with Crippen LogP contribution in [0.15, 0.2) is 35.0 Å². The molecule has 2 aromatic heterocycles. The summed E-state index contributed by atoms with van der Waals surface area (Å²) in [6, 6.07) is 2.52. The minimum Gasteiger partial charge on any atom is -0.475 e. The maximum absolute atomic E-state index is 13.4. The molecule has 1 aromatic carbocycles. The van der Waals surface area contributed by atoms with Crippen molar-refractivity contribution in [3.05, 3.63) is 47.6 Å². The number of rotatable bonds is 4. The largest absolute Gasteiger partial charge is 0.490 e. The van der Waals surface area contributed by atoms with Gasteiger partial charge in [0.1, 0.15) is 0 Å². The Hall–Kier alpha value is -3.72. The van der Waals surface area contributed by atoms with E-state index >= 15 is 0 Å². The highest BCUT2D eigenvalue weighted by Gasteiger charge is 2.54. The van der Waals surface area contributed by atoms with E-state index in [0.29, 0.717) is 5.89 Å². The Balaban J connectivity index is 0.000000638. The number of aliphatic carboxylic acids is 1. The number of benzene rings is 1. The van der Waals surface area contributed by atoms with Gasteiger partial charge in [-0.2, -0.15) is 26.3 Å². The van der Waals surface area contributed by atoms with Gasteiger partial charge in [0.15, 0.2) is 23.2 Å². The summed E-state index contributed by atoms with van der Waals surface area (Å²) in [6.45, 7) is -2.82. The van der Waals surface area contributed by atoms with E-state index in [-0.39, 0.29) is 34.1 Å². The van der Waals surface area contributed by atoms with Crippen molar-refractivity contribution in [3.8, 4) is 22.7 Å². The summed E-state index contributed by atoms with van der Waals surface area (Å²) in [5.74, 6) is -2.41. The lowest BCUT2D eigenvalue weighted by molar-refractivity contribution is -0.277. The van der Waals surface area contributed by atoms with Gasteiger partial charge in [0.2, 0.25) is 5.60 Å². The first-order valence-corrected chi connectivity index (χ1v) is 9.13. The first-order chi connectivity index (χ1) is 17.2. The lowest BCUT2D eigenvalue weighted by Gasteiger charge is -2.29. The van der Waals surface area contributed by atoms with Gasteiger partial charge < -0.3 is 25.5 Å². The van der Waals surface area contributed by atoms with E-state index in [4.69, 9.17) is 24.2 Å². The minimum atomic E-state index is -5.23. The predicted molar refractivity (Wildman–Crippen MR) is 108 cm³/mol. The third kappa shape index (κ3) is 6.05. The fraction of sp³-hybridized carbons (Fsp3) is 0.300. The van der Waals surface area contributed by atoms with E-state index in [1.807, 2.05) is 0 Å². The summed E-state index contributed by atoms with van der Waals surface area (Å²) in [5.41, 5.74) is 0.733. The summed E-state index contributed by atoms with van der Waals surface area (Å²) >= 11 is 0. The van der Waals surface area contributed by atoms with Gasteiger partial charge in [-0.25, -0.2) is 19.7 Å². The monoisotopic (exact) mass is 511 g/mol. The van der Waals surface area contributed by atoms with Crippen molar-refractivity contribution in [2.45, 2.75) is 31.7 Å². The van der Waals surface area contributed by atoms with Crippen molar-refractivity contribution in [2.75, 3.05) is 12.3 Å². The molecule has 0 aliphatic heterocycles. The number of aryl methyl sites for hydroxylation is 2. The quantitative estimate of drug-likeness (QED) is 0.386. The van der Waals surface area contributed by atoms with Gasteiger partial charge in [-0.3, -0.25) is 0 Å². The second kappa shape index (κ2) is 9.87. The molecule has 0 radical (unpaired) electrons. The number of aliphatic hydroxyl groups is 2. The molecule has 0 saturated carbocycles. The van der Waals surface area contributed by atoms with Crippen LogP contribution < -0.4 is 5.73 Å². The van der Waals surface area contributed by atoms with E-state index in [9.17, 15) is 36.6 Å². The van der Waals surface area contributed by atoms with Crippen LogP contribution in [0.4, 0.5) is 32.2 Å². The predicted octanol–water partition coefficient (Wildman–Crippen LogP) is 3.37. The van der Waals surface area contributed by atoms with Crippen LogP contribution in [-0.4, -0.2) is 55.2 Å². The number of carboxylic acid groups (broad SMARTS) is 1. The molecule has 35 heavy (non-hydrogen) atoms. The Bertz CT molecular complexity index is 1310. The van der Waals surface area contributed by atoms with Crippen LogP contribution in [0.1, 0.15) is 21.1 Å². The number of nitrogen functional groups attached to an aromatic ring is 1. The first-order valence-electron chi connectivity index (χ1n) is 10.6. The zero-order valence-electron chi connectivity index (χ0n) is 20.4. The average molecular weight is 511 g/mol. The summed E-state index contributed by atoms with van der Waals surface area (Å²) < 4.78 is 100. The molecule has 3 aromatic rings. The smallest absolute Gasteiger partial charge is 0.475 e. The van der Waals surface area contributed by atoms with Gasteiger partial charge in [-0.15, -0.1) is 0 Å². The number of aromatic nitrogens is 3. The molecule has 0 fully saturated rings. The number of hydrogen-bond donors (Lipinski definition) is 4. The topological polar surface area (TPSA) is 156 Å². The lowest BCUT2D eigenvalue weighted by atomic mass is 9.90. The maximum atomic E-state index is 13.4. The lowest BCUT2D eigenvalue weighted by Crippen LogP contribution is -2.45. The summed E-state index contributed by atoms with van der Waals surface area (Å²) in [5, 5.41) is 26.5. The van der Waals surface area contributed by atoms with Crippen LogP contribution in [0.5, 0.6) is 0 Å². The summed E-state index contributed by atoms with van der Waals surface area (Å²) in [6.07, 6.45) is -7.91. The molecule has 1 unspecified atom stereocenters. The fourth-order valence-corrected chi connectivity index (χ4v) is 2.54. The molecule has 0 bridgehead atoms. The Morgan fingerprint density at radius 3 is 2.26 bits per heavy atom.